The number of hydrogen-bond donors (Lipinski definition) is 0. The van der Waals surface area contributed by atoms with Gasteiger partial charge in [0.05, 0.1) is 9.26 Å². The minimum atomic E-state index is -0.114. The van der Waals surface area contributed by atoms with Crippen LogP contribution in [0, 0.1) is 3.57 Å². The van der Waals surface area contributed by atoms with E-state index in [-0.39, 0.29) is 6.10 Å². The van der Waals surface area contributed by atoms with Crippen molar-refractivity contribution in [3.05, 3.63) is 20.2 Å². The fourth-order valence-electron chi connectivity index (χ4n) is 1.34. The highest BCUT2D eigenvalue weighted by atomic mass is 127. The van der Waals surface area contributed by atoms with Crippen molar-refractivity contribution in [1.29, 1.82) is 0 Å². The Morgan fingerprint density at radius 1 is 1.31 bits per heavy atom. The van der Waals surface area contributed by atoms with Gasteiger partial charge in [0.2, 0.25) is 0 Å². The first-order chi connectivity index (χ1) is 7.47. The van der Waals surface area contributed by atoms with Crippen LogP contribution < -0.4 is 0 Å². The second-order valence-electron chi connectivity index (χ2n) is 3.82. The third-order valence-corrected chi connectivity index (χ3v) is 3.84. The smallest absolute Gasteiger partial charge is 0.158 e. The van der Waals surface area contributed by atoms with Crippen LogP contribution in [-0.2, 0) is 4.74 Å². The quantitative estimate of drug-likeness (QED) is 0.606. The Kier molecular flexibility index (Phi) is 5.40. The van der Waals surface area contributed by atoms with Crippen LogP contribution >= 0.6 is 34.2 Å². The van der Waals surface area contributed by atoms with Crippen molar-refractivity contribution in [2.45, 2.75) is 39.7 Å². The van der Waals surface area contributed by atoms with Gasteiger partial charge in [-0.3, -0.25) is 0 Å². The molecule has 5 heteroatoms. The summed E-state index contributed by atoms with van der Waals surface area (Å²) in [5.41, 5.74) is 0.988. The van der Waals surface area contributed by atoms with Gasteiger partial charge in [-0.25, -0.2) is 9.97 Å². The van der Waals surface area contributed by atoms with E-state index in [9.17, 15) is 0 Å². The van der Waals surface area contributed by atoms with Crippen molar-refractivity contribution in [3.8, 4) is 0 Å². The van der Waals surface area contributed by atoms with E-state index in [4.69, 9.17) is 16.3 Å². The zero-order chi connectivity index (χ0) is 12.3. The highest BCUT2D eigenvalue weighted by Crippen LogP contribution is 2.27. The van der Waals surface area contributed by atoms with Crippen LogP contribution in [0.2, 0.25) is 5.15 Å². The molecular formula is C11H16ClIN2O. The maximum Gasteiger partial charge on any atom is 0.158 e. The molecule has 0 aliphatic carbocycles. The number of rotatable bonds is 4. The monoisotopic (exact) mass is 354 g/mol. The molecule has 0 N–H and O–H groups in total. The van der Waals surface area contributed by atoms with E-state index in [2.05, 4.69) is 46.4 Å². The molecule has 0 fully saturated rings. The second-order valence-corrected chi connectivity index (χ2v) is 5.26. The summed E-state index contributed by atoms with van der Waals surface area (Å²) in [4.78, 5) is 8.78. The van der Waals surface area contributed by atoms with Crippen LogP contribution in [0.3, 0.4) is 0 Å². The average molecular weight is 355 g/mol. The first-order valence-corrected chi connectivity index (χ1v) is 6.77. The van der Waals surface area contributed by atoms with Crippen molar-refractivity contribution in [2.75, 3.05) is 6.61 Å². The van der Waals surface area contributed by atoms with Gasteiger partial charge in [0.1, 0.15) is 11.3 Å². The number of hydrogen-bond acceptors (Lipinski definition) is 3. The number of nitrogens with zero attached hydrogens (tertiary/aromatic N) is 2. The first kappa shape index (κ1) is 14.1. The molecule has 0 aliphatic rings. The van der Waals surface area contributed by atoms with Gasteiger partial charge in [-0.1, -0.05) is 25.4 Å². The molecule has 0 aliphatic heterocycles. The number of aromatic nitrogens is 2. The maximum absolute atomic E-state index is 6.09. The molecule has 0 saturated carbocycles. The Labute approximate surface area is 115 Å². The molecule has 90 valence electrons. The van der Waals surface area contributed by atoms with E-state index in [1.807, 2.05) is 13.8 Å². The lowest BCUT2D eigenvalue weighted by Gasteiger charge is -2.14. The molecule has 1 heterocycles. The Morgan fingerprint density at radius 2 is 1.94 bits per heavy atom. The summed E-state index contributed by atoms with van der Waals surface area (Å²) in [6, 6.07) is 0. The first-order valence-electron chi connectivity index (χ1n) is 5.31. The fraction of sp³-hybridized carbons (Fsp3) is 0.636. The summed E-state index contributed by atoms with van der Waals surface area (Å²) in [6.07, 6.45) is -0.114. The molecule has 0 amide bonds. The predicted octanol–water partition coefficient (Wildman–Crippen LogP) is 3.96. The van der Waals surface area contributed by atoms with Crippen LogP contribution in [0.15, 0.2) is 0 Å². The van der Waals surface area contributed by atoms with Crippen molar-refractivity contribution < 1.29 is 4.74 Å². The molecule has 0 spiro atoms. The van der Waals surface area contributed by atoms with Crippen LogP contribution in [0.5, 0.6) is 0 Å². The molecule has 3 nitrogen and oxygen atoms in total. The second kappa shape index (κ2) is 6.12. The number of ether oxygens (including phenoxy) is 1. The lowest BCUT2D eigenvalue weighted by Crippen LogP contribution is -2.10. The van der Waals surface area contributed by atoms with Crippen molar-refractivity contribution in [3.63, 3.8) is 0 Å². The third-order valence-electron chi connectivity index (χ3n) is 2.18. The molecule has 0 aromatic carbocycles. The van der Waals surface area contributed by atoms with E-state index in [1.165, 1.54) is 0 Å². The van der Waals surface area contributed by atoms with Gasteiger partial charge < -0.3 is 4.74 Å². The summed E-state index contributed by atoms with van der Waals surface area (Å²) in [6.45, 7) is 8.72. The van der Waals surface area contributed by atoms with Crippen molar-refractivity contribution >= 4 is 34.2 Å². The largest absolute Gasteiger partial charge is 0.371 e. The topological polar surface area (TPSA) is 35.0 Å². The van der Waals surface area contributed by atoms with E-state index in [0.717, 1.165) is 9.26 Å². The molecular weight excluding hydrogens is 338 g/mol. The van der Waals surface area contributed by atoms with Crippen molar-refractivity contribution in [1.82, 2.24) is 9.97 Å². The fourth-order valence-corrected chi connectivity index (χ4v) is 2.39. The normalized spacial score (nSPS) is 13.2. The molecule has 0 saturated heterocycles. The Balaban J connectivity index is 3.13. The van der Waals surface area contributed by atoms with Gasteiger partial charge in [0, 0.05) is 6.61 Å². The summed E-state index contributed by atoms with van der Waals surface area (Å²) in [7, 11) is 0. The zero-order valence-electron chi connectivity index (χ0n) is 9.92. The lowest BCUT2D eigenvalue weighted by molar-refractivity contribution is 0.0698. The SMILES string of the molecule is CCOC(C)c1nc(Cl)c(I)c(C(C)C)n1. The summed E-state index contributed by atoms with van der Waals surface area (Å²) in [5.74, 6) is 0.996. The molecule has 1 aromatic heterocycles. The summed E-state index contributed by atoms with van der Waals surface area (Å²) < 4.78 is 6.40. The van der Waals surface area contributed by atoms with Crippen molar-refractivity contribution in [2.24, 2.45) is 0 Å². The zero-order valence-corrected chi connectivity index (χ0v) is 12.8. The van der Waals surface area contributed by atoms with Gasteiger partial charge in [-0.15, -0.1) is 0 Å². The van der Waals surface area contributed by atoms with Crippen LogP contribution in [0.1, 0.15) is 51.2 Å². The Morgan fingerprint density at radius 3 is 2.44 bits per heavy atom. The maximum atomic E-state index is 6.09. The summed E-state index contributed by atoms with van der Waals surface area (Å²) >= 11 is 8.28. The van der Waals surface area contributed by atoms with E-state index < -0.39 is 0 Å². The van der Waals surface area contributed by atoms with Crippen LogP contribution in [0.25, 0.3) is 0 Å². The Hall–Kier alpha value is 0.0600. The van der Waals surface area contributed by atoms with Gasteiger partial charge in [0.15, 0.2) is 5.82 Å². The molecule has 0 bridgehead atoms. The average Bonchev–Trinajstić information content (AvgIpc) is 2.21. The molecule has 16 heavy (non-hydrogen) atoms. The highest BCUT2D eigenvalue weighted by molar-refractivity contribution is 14.1. The highest BCUT2D eigenvalue weighted by Gasteiger charge is 2.17. The minimum absolute atomic E-state index is 0.114. The molecule has 1 atom stereocenters. The van der Waals surface area contributed by atoms with Gasteiger partial charge in [-0.05, 0) is 42.4 Å². The third kappa shape index (κ3) is 3.28. The molecule has 1 unspecified atom stereocenters. The standard InChI is InChI=1S/C11H16ClIN2O/c1-5-16-7(4)11-14-9(6(2)3)8(13)10(12)15-11/h6-7H,5H2,1-4H3. The van der Waals surface area contributed by atoms with Crippen LogP contribution in [-0.4, -0.2) is 16.6 Å². The lowest BCUT2D eigenvalue weighted by atomic mass is 10.1. The van der Waals surface area contributed by atoms with Crippen LogP contribution in [0.4, 0.5) is 0 Å². The van der Waals surface area contributed by atoms with E-state index in [1.54, 1.807) is 0 Å². The van der Waals surface area contributed by atoms with E-state index in [0.29, 0.717) is 23.5 Å². The number of halogens is 2. The minimum Gasteiger partial charge on any atom is -0.371 e. The Bertz CT molecular complexity index is 371. The molecule has 1 rings (SSSR count). The molecule has 0 radical (unpaired) electrons. The summed E-state index contributed by atoms with van der Waals surface area (Å²) in [5, 5.41) is 0.515. The van der Waals surface area contributed by atoms with E-state index >= 15 is 0 Å². The molecule has 1 aromatic rings. The van der Waals surface area contributed by atoms with Gasteiger partial charge in [-0.2, -0.15) is 0 Å². The van der Waals surface area contributed by atoms with Gasteiger partial charge >= 0.3 is 0 Å². The predicted molar refractivity (Wildman–Crippen MR) is 73.9 cm³/mol. The van der Waals surface area contributed by atoms with Gasteiger partial charge in [0.25, 0.3) is 0 Å².